The van der Waals surface area contributed by atoms with Crippen molar-refractivity contribution in [2.45, 2.75) is 32.2 Å². The Labute approximate surface area is 118 Å². The maximum atomic E-state index is 4.60. The zero-order chi connectivity index (χ0) is 13.1. The van der Waals surface area contributed by atoms with Crippen LogP contribution in [0.25, 0.3) is 0 Å². The van der Waals surface area contributed by atoms with Crippen molar-refractivity contribution in [1.82, 2.24) is 14.9 Å². The molecule has 0 saturated carbocycles. The second-order valence-electron chi connectivity index (χ2n) is 5.21. The molecule has 0 unspecified atom stereocenters. The Balaban J connectivity index is 1.65. The van der Waals surface area contributed by atoms with Crippen LogP contribution < -0.4 is 0 Å². The van der Waals surface area contributed by atoms with E-state index in [2.05, 4.69) is 45.4 Å². The Morgan fingerprint density at radius 1 is 1.42 bits per heavy atom. The summed E-state index contributed by atoms with van der Waals surface area (Å²) < 4.78 is 0. The number of piperidine rings is 1. The molecule has 1 aliphatic heterocycles. The minimum absolute atomic E-state index is 0.610. The number of likely N-dealkylation sites (tertiary alicyclic amines) is 1. The number of thiazole rings is 1. The highest BCUT2D eigenvalue weighted by Gasteiger charge is 2.23. The van der Waals surface area contributed by atoms with Crippen LogP contribution >= 0.6 is 11.3 Å². The van der Waals surface area contributed by atoms with Crippen LogP contribution in [0.1, 0.15) is 35.2 Å². The van der Waals surface area contributed by atoms with Crippen LogP contribution in [0.3, 0.4) is 0 Å². The summed E-state index contributed by atoms with van der Waals surface area (Å²) in [4.78, 5) is 11.6. The number of rotatable bonds is 3. The lowest BCUT2D eigenvalue weighted by molar-refractivity contribution is 0.198. The van der Waals surface area contributed by atoms with Crippen LogP contribution in [-0.2, 0) is 6.54 Å². The van der Waals surface area contributed by atoms with Crippen molar-refractivity contribution in [3.63, 3.8) is 0 Å². The van der Waals surface area contributed by atoms with Gasteiger partial charge in [-0.25, -0.2) is 4.98 Å². The van der Waals surface area contributed by atoms with Crippen molar-refractivity contribution in [2.24, 2.45) is 0 Å². The van der Waals surface area contributed by atoms with E-state index in [9.17, 15) is 0 Å². The molecule has 0 bridgehead atoms. The van der Waals surface area contributed by atoms with Gasteiger partial charge < -0.3 is 0 Å². The zero-order valence-electron chi connectivity index (χ0n) is 11.2. The number of pyridine rings is 1. The predicted molar refractivity (Wildman–Crippen MR) is 78.3 cm³/mol. The first kappa shape index (κ1) is 12.8. The van der Waals surface area contributed by atoms with Crippen LogP contribution in [0.5, 0.6) is 0 Å². The molecule has 3 nitrogen and oxygen atoms in total. The second kappa shape index (κ2) is 5.80. The average Bonchev–Trinajstić information content (AvgIpc) is 2.93. The van der Waals surface area contributed by atoms with Gasteiger partial charge in [-0.05, 0) is 38.4 Å². The van der Waals surface area contributed by atoms with Crippen molar-refractivity contribution in [1.29, 1.82) is 0 Å². The SMILES string of the molecule is Cc1cccc(CN2CCC[C@H](c3nccs3)C2)n1. The van der Waals surface area contributed by atoms with Crippen molar-refractivity contribution in [2.75, 3.05) is 13.1 Å². The van der Waals surface area contributed by atoms with Crippen LogP contribution in [0.4, 0.5) is 0 Å². The van der Waals surface area contributed by atoms with E-state index in [1.165, 1.54) is 30.1 Å². The maximum Gasteiger partial charge on any atom is 0.0968 e. The lowest BCUT2D eigenvalue weighted by Gasteiger charge is -2.31. The first-order valence-corrected chi connectivity index (χ1v) is 7.73. The fourth-order valence-corrected chi connectivity index (χ4v) is 3.52. The van der Waals surface area contributed by atoms with E-state index in [1.54, 1.807) is 11.3 Å². The summed E-state index contributed by atoms with van der Waals surface area (Å²) in [7, 11) is 0. The fourth-order valence-electron chi connectivity index (χ4n) is 2.75. The fraction of sp³-hybridized carbons (Fsp3) is 0.467. The molecule has 0 radical (unpaired) electrons. The van der Waals surface area contributed by atoms with Crippen LogP contribution in [0.15, 0.2) is 29.8 Å². The zero-order valence-corrected chi connectivity index (χ0v) is 12.1. The standard InChI is InChI=1S/C15H19N3S/c1-12-4-2-6-14(17-12)11-18-8-3-5-13(10-18)15-16-7-9-19-15/h2,4,6-7,9,13H,3,5,8,10-11H2,1H3/t13-/m0/s1. The molecule has 1 fully saturated rings. The third-order valence-electron chi connectivity index (χ3n) is 3.64. The number of aromatic nitrogens is 2. The number of aryl methyl sites for hydroxylation is 1. The van der Waals surface area contributed by atoms with Gasteiger partial charge in [-0.3, -0.25) is 9.88 Å². The van der Waals surface area contributed by atoms with E-state index in [0.29, 0.717) is 5.92 Å². The van der Waals surface area contributed by atoms with E-state index < -0.39 is 0 Å². The van der Waals surface area contributed by atoms with Gasteiger partial charge in [-0.2, -0.15) is 0 Å². The summed E-state index contributed by atoms with van der Waals surface area (Å²) in [5.74, 6) is 0.610. The Morgan fingerprint density at radius 2 is 2.37 bits per heavy atom. The second-order valence-corrected chi connectivity index (χ2v) is 6.14. The molecule has 3 rings (SSSR count). The Morgan fingerprint density at radius 3 is 3.16 bits per heavy atom. The molecule has 1 atom stereocenters. The van der Waals surface area contributed by atoms with E-state index in [0.717, 1.165) is 18.8 Å². The van der Waals surface area contributed by atoms with Gasteiger partial charge in [0, 0.05) is 36.3 Å². The topological polar surface area (TPSA) is 29.0 Å². The predicted octanol–water partition coefficient (Wildman–Crippen LogP) is 3.23. The first-order chi connectivity index (χ1) is 9.31. The summed E-state index contributed by atoms with van der Waals surface area (Å²) in [5, 5.41) is 3.37. The molecule has 0 N–H and O–H groups in total. The van der Waals surface area contributed by atoms with Gasteiger partial charge in [0.15, 0.2) is 0 Å². The summed E-state index contributed by atoms with van der Waals surface area (Å²) in [6.45, 7) is 5.31. The third-order valence-corrected chi connectivity index (χ3v) is 4.58. The minimum Gasteiger partial charge on any atom is -0.297 e. The van der Waals surface area contributed by atoms with E-state index in [1.807, 2.05) is 6.20 Å². The molecular formula is C15H19N3S. The van der Waals surface area contributed by atoms with Crippen molar-refractivity contribution in [3.05, 3.63) is 46.2 Å². The van der Waals surface area contributed by atoms with Gasteiger partial charge in [0.2, 0.25) is 0 Å². The average molecular weight is 273 g/mol. The lowest BCUT2D eigenvalue weighted by Crippen LogP contribution is -2.34. The van der Waals surface area contributed by atoms with E-state index in [-0.39, 0.29) is 0 Å². The molecule has 2 aromatic heterocycles. The van der Waals surface area contributed by atoms with Gasteiger partial charge in [-0.1, -0.05) is 6.07 Å². The van der Waals surface area contributed by atoms with E-state index >= 15 is 0 Å². The molecule has 19 heavy (non-hydrogen) atoms. The molecule has 0 aromatic carbocycles. The first-order valence-electron chi connectivity index (χ1n) is 6.85. The summed E-state index contributed by atoms with van der Waals surface area (Å²) in [6, 6.07) is 6.28. The van der Waals surface area contributed by atoms with Crippen molar-refractivity contribution >= 4 is 11.3 Å². The molecule has 4 heteroatoms. The quantitative estimate of drug-likeness (QED) is 0.859. The monoisotopic (exact) mass is 273 g/mol. The number of hydrogen-bond acceptors (Lipinski definition) is 4. The Bertz CT molecular complexity index is 524. The van der Waals surface area contributed by atoms with Crippen LogP contribution in [0, 0.1) is 6.92 Å². The molecule has 3 heterocycles. The molecule has 100 valence electrons. The van der Waals surface area contributed by atoms with Crippen molar-refractivity contribution < 1.29 is 0 Å². The van der Waals surface area contributed by atoms with Gasteiger partial charge in [0.25, 0.3) is 0 Å². The highest BCUT2D eigenvalue weighted by atomic mass is 32.1. The summed E-state index contributed by atoms with van der Waals surface area (Å²) in [5.41, 5.74) is 2.28. The molecule has 0 amide bonds. The lowest BCUT2D eigenvalue weighted by atomic mass is 9.98. The van der Waals surface area contributed by atoms with Gasteiger partial charge in [-0.15, -0.1) is 11.3 Å². The molecule has 0 aliphatic carbocycles. The summed E-state index contributed by atoms with van der Waals surface area (Å²) >= 11 is 1.79. The molecule has 1 aliphatic rings. The number of hydrogen-bond donors (Lipinski definition) is 0. The Hall–Kier alpha value is -1.26. The highest BCUT2D eigenvalue weighted by Crippen LogP contribution is 2.28. The largest absolute Gasteiger partial charge is 0.297 e. The highest BCUT2D eigenvalue weighted by molar-refractivity contribution is 7.09. The normalized spacial score (nSPS) is 20.6. The smallest absolute Gasteiger partial charge is 0.0968 e. The molecule has 0 spiro atoms. The van der Waals surface area contributed by atoms with Crippen molar-refractivity contribution in [3.8, 4) is 0 Å². The molecule has 1 saturated heterocycles. The molecular weight excluding hydrogens is 254 g/mol. The molecule has 2 aromatic rings. The van der Waals surface area contributed by atoms with Gasteiger partial charge in [0.05, 0.1) is 10.7 Å². The minimum atomic E-state index is 0.610. The van der Waals surface area contributed by atoms with Crippen LogP contribution in [0.2, 0.25) is 0 Å². The third kappa shape index (κ3) is 3.19. The summed E-state index contributed by atoms with van der Waals surface area (Å²) in [6.07, 6.45) is 4.45. The number of nitrogens with zero attached hydrogens (tertiary/aromatic N) is 3. The van der Waals surface area contributed by atoms with Gasteiger partial charge >= 0.3 is 0 Å². The van der Waals surface area contributed by atoms with Crippen LogP contribution in [-0.4, -0.2) is 28.0 Å². The van der Waals surface area contributed by atoms with Gasteiger partial charge in [0.1, 0.15) is 0 Å². The van der Waals surface area contributed by atoms with E-state index in [4.69, 9.17) is 0 Å². The maximum absolute atomic E-state index is 4.60. The Kier molecular flexibility index (Phi) is 3.89.